The summed E-state index contributed by atoms with van der Waals surface area (Å²) in [6.07, 6.45) is 4.03. The van der Waals surface area contributed by atoms with Gasteiger partial charge in [0, 0.05) is 38.5 Å². The van der Waals surface area contributed by atoms with Crippen LogP contribution < -0.4 is 0 Å². The molecule has 2 saturated heterocycles. The molecule has 1 aromatic carbocycles. The Morgan fingerprint density at radius 2 is 1.84 bits per heavy atom. The van der Waals surface area contributed by atoms with E-state index in [1.807, 2.05) is 9.80 Å². The number of aryl methyl sites for hydroxylation is 1. The number of carboxylic acid groups (broad SMARTS) is 1. The molecular formula is C19H24N2O4. The number of amides is 2. The van der Waals surface area contributed by atoms with Crippen LogP contribution in [0, 0.1) is 0 Å². The van der Waals surface area contributed by atoms with E-state index in [-0.39, 0.29) is 23.4 Å². The Morgan fingerprint density at radius 3 is 2.48 bits per heavy atom. The van der Waals surface area contributed by atoms with Crippen LogP contribution in [0.1, 0.15) is 48.0 Å². The summed E-state index contributed by atoms with van der Waals surface area (Å²) < 4.78 is 0. The second kappa shape index (κ2) is 7.68. The summed E-state index contributed by atoms with van der Waals surface area (Å²) in [5, 5.41) is 9.21. The maximum absolute atomic E-state index is 12.4. The lowest BCUT2D eigenvalue weighted by Crippen LogP contribution is -2.47. The van der Waals surface area contributed by atoms with E-state index < -0.39 is 5.97 Å². The lowest BCUT2D eigenvalue weighted by molar-refractivity contribution is -0.134. The van der Waals surface area contributed by atoms with Gasteiger partial charge in [0.05, 0.1) is 5.56 Å². The molecule has 0 unspecified atom stereocenters. The van der Waals surface area contributed by atoms with Gasteiger partial charge in [-0.2, -0.15) is 0 Å². The Balaban J connectivity index is 1.50. The van der Waals surface area contributed by atoms with Crippen molar-refractivity contribution in [2.45, 2.75) is 44.6 Å². The number of carboxylic acids is 1. The summed E-state index contributed by atoms with van der Waals surface area (Å²) in [4.78, 5) is 39.3. The summed E-state index contributed by atoms with van der Waals surface area (Å²) in [6.45, 7) is 2.20. The van der Waals surface area contributed by atoms with Gasteiger partial charge in [0.15, 0.2) is 0 Å². The molecule has 0 atom stereocenters. The Bertz CT molecular complexity index is 665. The van der Waals surface area contributed by atoms with Gasteiger partial charge >= 0.3 is 5.97 Å². The highest BCUT2D eigenvalue weighted by molar-refractivity contribution is 5.89. The average molecular weight is 344 g/mol. The number of rotatable bonds is 5. The van der Waals surface area contributed by atoms with Crippen molar-refractivity contribution in [2.75, 3.05) is 19.6 Å². The van der Waals surface area contributed by atoms with E-state index in [1.165, 1.54) is 0 Å². The molecular weight excluding hydrogens is 320 g/mol. The molecule has 1 N–H and O–H groups in total. The zero-order chi connectivity index (χ0) is 17.8. The summed E-state index contributed by atoms with van der Waals surface area (Å²) >= 11 is 0. The maximum Gasteiger partial charge on any atom is 0.335 e. The fourth-order valence-corrected chi connectivity index (χ4v) is 3.83. The largest absolute Gasteiger partial charge is 0.478 e. The van der Waals surface area contributed by atoms with Crippen molar-refractivity contribution in [1.82, 2.24) is 9.80 Å². The lowest BCUT2D eigenvalue weighted by atomic mass is 10.0. The van der Waals surface area contributed by atoms with E-state index in [1.54, 1.807) is 24.3 Å². The molecule has 3 rings (SSSR count). The summed E-state index contributed by atoms with van der Waals surface area (Å²) in [6, 6.07) is 7.10. The van der Waals surface area contributed by atoms with E-state index >= 15 is 0 Å². The van der Waals surface area contributed by atoms with Gasteiger partial charge < -0.3 is 14.9 Å². The summed E-state index contributed by atoms with van der Waals surface area (Å²) in [5.74, 6) is -0.652. The molecule has 6 heteroatoms. The van der Waals surface area contributed by atoms with Crippen LogP contribution in [0.3, 0.4) is 0 Å². The molecule has 1 aromatic rings. The Labute approximate surface area is 147 Å². The SMILES string of the molecule is O=C(O)c1ccccc1CCC(=O)N1CCC(N2CCCC2=O)CC1. The van der Waals surface area contributed by atoms with Crippen LogP contribution in [-0.4, -0.2) is 58.4 Å². The molecule has 25 heavy (non-hydrogen) atoms. The average Bonchev–Trinajstić information content (AvgIpc) is 3.06. The molecule has 2 aliphatic heterocycles. The van der Waals surface area contributed by atoms with Gasteiger partial charge in [-0.25, -0.2) is 4.79 Å². The third-order valence-corrected chi connectivity index (χ3v) is 5.22. The molecule has 0 aromatic heterocycles. The number of nitrogens with zero attached hydrogens (tertiary/aromatic N) is 2. The molecule has 6 nitrogen and oxygen atoms in total. The molecule has 134 valence electrons. The van der Waals surface area contributed by atoms with E-state index in [0.29, 0.717) is 37.9 Å². The number of hydrogen-bond donors (Lipinski definition) is 1. The zero-order valence-electron chi connectivity index (χ0n) is 14.3. The van der Waals surface area contributed by atoms with Crippen LogP contribution in [0.2, 0.25) is 0 Å². The van der Waals surface area contributed by atoms with E-state index in [4.69, 9.17) is 0 Å². The van der Waals surface area contributed by atoms with Crippen LogP contribution >= 0.6 is 0 Å². The molecule has 2 amide bonds. The highest BCUT2D eigenvalue weighted by atomic mass is 16.4. The fraction of sp³-hybridized carbons (Fsp3) is 0.526. The summed E-state index contributed by atoms with van der Waals surface area (Å²) in [7, 11) is 0. The lowest BCUT2D eigenvalue weighted by Gasteiger charge is -2.36. The topological polar surface area (TPSA) is 77.9 Å². The van der Waals surface area contributed by atoms with Gasteiger partial charge in [0.25, 0.3) is 0 Å². The third-order valence-electron chi connectivity index (χ3n) is 5.22. The van der Waals surface area contributed by atoms with E-state index in [9.17, 15) is 19.5 Å². The van der Waals surface area contributed by atoms with Gasteiger partial charge in [0.2, 0.25) is 11.8 Å². The molecule has 2 fully saturated rings. The van der Waals surface area contributed by atoms with Crippen molar-refractivity contribution in [3.05, 3.63) is 35.4 Å². The molecule has 0 spiro atoms. The molecule has 0 saturated carbocycles. The minimum atomic E-state index is -0.959. The van der Waals surface area contributed by atoms with E-state index in [2.05, 4.69) is 0 Å². The highest BCUT2D eigenvalue weighted by Gasteiger charge is 2.31. The van der Waals surface area contributed by atoms with Gasteiger partial charge in [-0.3, -0.25) is 9.59 Å². The smallest absolute Gasteiger partial charge is 0.335 e. The van der Waals surface area contributed by atoms with Crippen molar-refractivity contribution in [2.24, 2.45) is 0 Å². The monoisotopic (exact) mass is 344 g/mol. The van der Waals surface area contributed by atoms with Crippen LogP contribution in [0.4, 0.5) is 0 Å². The van der Waals surface area contributed by atoms with Crippen LogP contribution in [-0.2, 0) is 16.0 Å². The number of carbonyl (C=O) groups excluding carboxylic acids is 2. The first-order valence-corrected chi connectivity index (χ1v) is 8.94. The number of piperidine rings is 1. The van der Waals surface area contributed by atoms with Gasteiger partial charge in [-0.1, -0.05) is 18.2 Å². The molecule has 2 heterocycles. The first-order valence-electron chi connectivity index (χ1n) is 8.94. The number of aromatic carboxylic acids is 1. The number of carbonyl (C=O) groups is 3. The second-order valence-corrected chi connectivity index (χ2v) is 6.76. The van der Waals surface area contributed by atoms with Crippen molar-refractivity contribution < 1.29 is 19.5 Å². The van der Waals surface area contributed by atoms with Crippen molar-refractivity contribution in [3.63, 3.8) is 0 Å². The second-order valence-electron chi connectivity index (χ2n) is 6.76. The van der Waals surface area contributed by atoms with Crippen molar-refractivity contribution in [3.8, 4) is 0 Å². The molecule has 0 bridgehead atoms. The number of hydrogen-bond acceptors (Lipinski definition) is 3. The minimum absolute atomic E-state index is 0.0615. The quantitative estimate of drug-likeness (QED) is 0.885. The number of benzene rings is 1. The molecule has 0 aliphatic carbocycles. The van der Waals surface area contributed by atoms with Crippen LogP contribution in [0.5, 0.6) is 0 Å². The standard InChI is InChI=1S/C19H24N2O4/c22-17(8-7-14-4-1-2-5-16(14)19(24)25)20-12-9-15(10-13-20)21-11-3-6-18(21)23/h1-2,4-5,15H,3,6-13H2,(H,24,25). The van der Waals surface area contributed by atoms with Gasteiger partial charge in [-0.05, 0) is 37.3 Å². The van der Waals surface area contributed by atoms with Crippen LogP contribution in [0.15, 0.2) is 24.3 Å². The Hall–Kier alpha value is -2.37. The van der Waals surface area contributed by atoms with Gasteiger partial charge in [-0.15, -0.1) is 0 Å². The van der Waals surface area contributed by atoms with E-state index in [0.717, 1.165) is 25.8 Å². The highest BCUT2D eigenvalue weighted by Crippen LogP contribution is 2.22. The zero-order valence-corrected chi connectivity index (χ0v) is 14.3. The van der Waals surface area contributed by atoms with Crippen LogP contribution in [0.25, 0.3) is 0 Å². The van der Waals surface area contributed by atoms with Crippen molar-refractivity contribution >= 4 is 17.8 Å². The first kappa shape index (κ1) is 17.5. The third kappa shape index (κ3) is 4.00. The predicted octanol–water partition coefficient (Wildman–Crippen LogP) is 1.93. The minimum Gasteiger partial charge on any atom is -0.478 e. The Morgan fingerprint density at radius 1 is 1.12 bits per heavy atom. The fourth-order valence-electron chi connectivity index (χ4n) is 3.83. The summed E-state index contributed by atoms with van der Waals surface area (Å²) in [5.41, 5.74) is 0.961. The maximum atomic E-state index is 12.4. The molecule has 2 aliphatic rings. The Kier molecular flexibility index (Phi) is 5.36. The first-order chi connectivity index (χ1) is 12.1. The normalized spacial score (nSPS) is 18.6. The number of likely N-dealkylation sites (tertiary alicyclic amines) is 2. The van der Waals surface area contributed by atoms with Crippen molar-refractivity contribution in [1.29, 1.82) is 0 Å². The van der Waals surface area contributed by atoms with Gasteiger partial charge in [0.1, 0.15) is 0 Å². The molecule has 0 radical (unpaired) electrons. The predicted molar refractivity (Wildman–Crippen MR) is 92.3 cm³/mol.